The summed E-state index contributed by atoms with van der Waals surface area (Å²) in [4.78, 5) is 24.3. The average Bonchev–Trinajstić information content (AvgIpc) is 2.55. The average molecular weight is 214 g/mol. The maximum atomic E-state index is 11.9. The molecule has 0 bridgehead atoms. The monoisotopic (exact) mass is 214 g/mol. The second kappa shape index (κ2) is 2.87. The van der Waals surface area contributed by atoms with Gasteiger partial charge in [0.2, 0.25) is 0 Å². The van der Waals surface area contributed by atoms with Crippen LogP contribution < -0.4 is 5.43 Å². The Morgan fingerprint density at radius 1 is 0.933 bits per heavy atom. The van der Waals surface area contributed by atoms with Crippen LogP contribution >= 0.6 is 11.3 Å². The van der Waals surface area contributed by atoms with Crippen molar-refractivity contribution < 1.29 is 4.79 Å². The molecule has 1 aromatic carbocycles. The Labute approximate surface area is 89.8 Å². The number of carbonyl (C=O) groups excluding carboxylic acids is 1. The van der Waals surface area contributed by atoms with Crippen LogP contribution in [0.3, 0.4) is 0 Å². The molecule has 1 aliphatic carbocycles. The number of hydrogen-bond acceptors (Lipinski definition) is 3. The van der Waals surface area contributed by atoms with Gasteiger partial charge in [0, 0.05) is 11.1 Å². The van der Waals surface area contributed by atoms with Crippen molar-refractivity contribution in [2.75, 3.05) is 0 Å². The van der Waals surface area contributed by atoms with E-state index >= 15 is 0 Å². The molecule has 0 unspecified atom stereocenters. The number of rotatable bonds is 0. The molecule has 0 amide bonds. The Bertz CT molecular complexity index is 626. The molecule has 0 saturated carbocycles. The van der Waals surface area contributed by atoms with E-state index in [9.17, 15) is 9.59 Å². The molecular weight excluding hydrogens is 208 g/mol. The van der Waals surface area contributed by atoms with Crippen molar-refractivity contribution in [3.05, 3.63) is 57.1 Å². The number of fused-ring (bicyclic) bond motifs is 3. The molecule has 0 radical (unpaired) electrons. The molecule has 1 heterocycles. The van der Waals surface area contributed by atoms with Gasteiger partial charge in [-0.1, -0.05) is 24.3 Å². The summed E-state index contributed by atoms with van der Waals surface area (Å²) in [6, 6.07) is 8.80. The van der Waals surface area contributed by atoms with Crippen LogP contribution in [0.25, 0.3) is 10.4 Å². The summed E-state index contributed by atoms with van der Waals surface area (Å²) in [6.07, 6.45) is 0. The lowest BCUT2D eigenvalue weighted by atomic mass is 10.1. The van der Waals surface area contributed by atoms with E-state index in [0.717, 1.165) is 10.4 Å². The van der Waals surface area contributed by atoms with Crippen LogP contribution in [0, 0.1) is 0 Å². The smallest absolute Gasteiger partial charge is 0.199 e. The van der Waals surface area contributed by atoms with Crippen LogP contribution in [-0.2, 0) is 0 Å². The Hall–Kier alpha value is -1.74. The lowest BCUT2D eigenvalue weighted by molar-refractivity contribution is 0.104. The van der Waals surface area contributed by atoms with Gasteiger partial charge in [-0.2, -0.15) is 0 Å². The third kappa shape index (κ3) is 1.04. The fraction of sp³-hybridized carbons (Fsp3) is 0. The topological polar surface area (TPSA) is 34.1 Å². The molecule has 0 N–H and O–H groups in total. The predicted molar refractivity (Wildman–Crippen MR) is 59.5 cm³/mol. The molecule has 3 rings (SSSR count). The lowest BCUT2D eigenvalue weighted by Gasteiger charge is -1.95. The van der Waals surface area contributed by atoms with Crippen LogP contribution in [0.15, 0.2) is 40.5 Å². The number of hydrogen-bond donors (Lipinski definition) is 0. The van der Waals surface area contributed by atoms with Gasteiger partial charge in [0.05, 0.1) is 10.4 Å². The van der Waals surface area contributed by atoms with Crippen molar-refractivity contribution in [3.8, 4) is 10.4 Å². The minimum absolute atomic E-state index is 0.137. The van der Waals surface area contributed by atoms with Crippen molar-refractivity contribution in [1.82, 2.24) is 0 Å². The highest BCUT2D eigenvalue weighted by molar-refractivity contribution is 7.13. The fourth-order valence-electron chi connectivity index (χ4n) is 1.84. The van der Waals surface area contributed by atoms with Crippen molar-refractivity contribution in [2.45, 2.75) is 0 Å². The van der Waals surface area contributed by atoms with E-state index < -0.39 is 0 Å². The molecule has 0 atom stereocenters. The Balaban J connectivity index is 2.48. The first kappa shape index (κ1) is 8.56. The van der Waals surface area contributed by atoms with Gasteiger partial charge in [-0.3, -0.25) is 9.59 Å². The molecule has 0 spiro atoms. The van der Waals surface area contributed by atoms with Gasteiger partial charge in [-0.25, -0.2) is 0 Å². The number of ketones is 1. The molecule has 15 heavy (non-hydrogen) atoms. The van der Waals surface area contributed by atoms with Crippen LogP contribution in [0.1, 0.15) is 15.9 Å². The summed E-state index contributed by atoms with van der Waals surface area (Å²) in [5.74, 6) is -0.137. The molecule has 1 aromatic heterocycles. The van der Waals surface area contributed by atoms with Crippen LogP contribution in [0.2, 0.25) is 0 Å². The summed E-state index contributed by atoms with van der Waals surface area (Å²) in [7, 11) is 0. The van der Waals surface area contributed by atoms with Gasteiger partial charge in [-0.15, -0.1) is 11.3 Å². The second-order valence-electron chi connectivity index (χ2n) is 3.36. The van der Waals surface area contributed by atoms with Gasteiger partial charge >= 0.3 is 0 Å². The Kier molecular flexibility index (Phi) is 1.64. The first-order valence-electron chi connectivity index (χ1n) is 4.55. The number of benzene rings is 1. The SMILES string of the molecule is O=C1c2ccccc2-c2sccc(=O)c21. The van der Waals surface area contributed by atoms with E-state index in [1.54, 1.807) is 11.4 Å². The molecule has 0 aliphatic heterocycles. The maximum Gasteiger partial charge on any atom is 0.199 e. The van der Waals surface area contributed by atoms with Gasteiger partial charge in [0.25, 0.3) is 0 Å². The molecule has 1 aliphatic rings. The van der Waals surface area contributed by atoms with E-state index in [0.29, 0.717) is 11.1 Å². The van der Waals surface area contributed by atoms with Crippen LogP contribution in [-0.4, -0.2) is 5.78 Å². The van der Waals surface area contributed by atoms with Crippen LogP contribution in [0.5, 0.6) is 0 Å². The zero-order chi connectivity index (χ0) is 10.4. The van der Waals surface area contributed by atoms with E-state index in [2.05, 4.69) is 0 Å². The number of carbonyl (C=O) groups is 1. The molecular formula is C12H6O2S. The maximum absolute atomic E-state index is 11.9. The van der Waals surface area contributed by atoms with Crippen LogP contribution in [0.4, 0.5) is 0 Å². The fourth-order valence-corrected chi connectivity index (χ4v) is 2.79. The Morgan fingerprint density at radius 2 is 1.67 bits per heavy atom. The van der Waals surface area contributed by atoms with Gasteiger partial charge in [0.1, 0.15) is 0 Å². The molecule has 72 valence electrons. The highest BCUT2D eigenvalue weighted by Gasteiger charge is 2.28. The van der Waals surface area contributed by atoms with Gasteiger partial charge < -0.3 is 0 Å². The quantitative estimate of drug-likeness (QED) is 0.575. The molecule has 3 heteroatoms. The molecule has 2 nitrogen and oxygen atoms in total. The largest absolute Gasteiger partial charge is 0.289 e. The lowest BCUT2D eigenvalue weighted by Crippen LogP contribution is -2.10. The summed E-state index contributed by atoms with van der Waals surface area (Å²) < 4.78 is 0. The minimum Gasteiger partial charge on any atom is -0.289 e. The normalized spacial score (nSPS) is 12.4. The Morgan fingerprint density at radius 3 is 2.47 bits per heavy atom. The van der Waals surface area contributed by atoms with E-state index in [-0.39, 0.29) is 11.2 Å². The summed E-state index contributed by atoms with van der Waals surface area (Å²) in [5, 5.41) is 1.73. The summed E-state index contributed by atoms with van der Waals surface area (Å²) in [6.45, 7) is 0. The molecule has 2 aromatic rings. The third-order valence-corrected chi connectivity index (χ3v) is 3.45. The molecule has 0 saturated heterocycles. The minimum atomic E-state index is -0.176. The van der Waals surface area contributed by atoms with Gasteiger partial charge in [0.15, 0.2) is 11.2 Å². The first-order valence-corrected chi connectivity index (χ1v) is 5.43. The standard InChI is InChI=1S/C12H6O2S/c13-9-5-6-15-12-8-4-2-1-3-7(8)11(14)10(9)12/h1-6H. The highest BCUT2D eigenvalue weighted by atomic mass is 32.1. The van der Waals surface area contributed by atoms with Crippen molar-refractivity contribution in [2.24, 2.45) is 0 Å². The zero-order valence-corrected chi connectivity index (χ0v) is 8.51. The zero-order valence-electron chi connectivity index (χ0n) is 7.69. The summed E-state index contributed by atoms with van der Waals surface area (Å²) in [5.41, 5.74) is 1.70. The molecule has 0 fully saturated rings. The third-order valence-electron chi connectivity index (χ3n) is 2.52. The van der Waals surface area contributed by atoms with Crippen molar-refractivity contribution in [1.29, 1.82) is 0 Å². The second-order valence-corrected chi connectivity index (χ2v) is 4.28. The first-order chi connectivity index (χ1) is 7.29. The highest BCUT2D eigenvalue weighted by Crippen LogP contribution is 2.36. The van der Waals surface area contributed by atoms with E-state index in [1.165, 1.54) is 17.4 Å². The predicted octanol–water partition coefficient (Wildman–Crippen LogP) is 2.32. The van der Waals surface area contributed by atoms with Crippen molar-refractivity contribution >= 4 is 17.1 Å². The van der Waals surface area contributed by atoms with Crippen molar-refractivity contribution in [3.63, 3.8) is 0 Å². The summed E-state index contributed by atoms with van der Waals surface area (Å²) >= 11 is 1.44. The van der Waals surface area contributed by atoms with Gasteiger partial charge in [-0.05, 0) is 11.4 Å². The van der Waals surface area contributed by atoms with E-state index in [4.69, 9.17) is 0 Å². The van der Waals surface area contributed by atoms with E-state index in [1.807, 2.05) is 18.2 Å².